The van der Waals surface area contributed by atoms with Gasteiger partial charge in [-0.05, 0) is 0 Å². The fraction of sp³-hybridized carbons (Fsp3) is 0.930. The Bertz CT molecular complexity index is 2690. The summed E-state index contributed by atoms with van der Waals surface area (Å²) in [5.74, 6) is -8.08. The highest BCUT2D eigenvalue weighted by atomic mass is 16.8. The second-order valence-electron chi connectivity index (χ2n) is 25.8. The number of aliphatic carboxylic acids is 1. The van der Waals surface area contributed by atoms with Crippen molar-refractivity contribution >= 4 is 23.7 Å². The van der Waals surface area contributed by atoms with Crippen LogP contribution in [-0.2, 0) is 85.5 Å². The van der Waals surface area contributed by atoms with Gasteiger partial charge in [0, 0.05) is 27.2 Å². The molecule has 7 rings (SSSR count). The molecular formula is C57H97N3O44. The van der Waals surface area contributed by atoms with E-state index in [1.807, 2.05) is 0 Å². The third-order valence-corrected chi connectivity index (χ3v) is 18.5. The van der Waals surface area contributed by atoms with Gasteiger partial charge in [-0.3, -0.25) is 14.4 Å². The Morgan fingerprint density at radius 1 is 0.413 bits per heavy atom. The number of amides is 3. The monoisotopic (exact) mass is 1530 g/mol. The van der Waals surface area contributed by atoms with E-state index in [4.69, 9.17) is 66.3 Å². The van der Waals surface area contributed by atoms with Crippen molar-refractivity contribution in [2.24, 2.45) is 0 Å². The molecule has 47 nitrogen and oxygen atoms in total. The summed E-state index contributed by atoms with van der Waals surface area (Å²) in [4.78, 5) is 51.2. The third kappa shape index (κ3) is 19.7. The Balaban J connectivity index is 1.20. The van der Waals surface area contributed by atoms with Gasteiger partial charge in [0.15, 0.2) is 37.7 Å². The van der Waals surface area contributed by atoms with E-state index >= 15 is 0 Å². The van der Waals surface area contributed by atoms with Gasteiger partial charge in [0.05, 0.1) is 71.6 Å². The maximum atomic E-state index is 13.2. The molecule has 0 saturated carbocycles. The lowest BCUT2D eigenvalue weighted by atomic mass is 9.88. The van der Waals surface area contributed by atoms with Crippen LogP contribution in [0.15, 0.2) is 0 Å². The molecule has 47 heteroatoms. The summed E-state index contributed by atoms with van der Waals surface area (Å²) in [6.07, 6.45) is -78.7. The number of ether oxygens (including phenoxy) is 14. The number of aliphatic hydroxyl groups excluding tert-OH is 25. The zero-order valence-electron chi connectivity index (χ0n) is 55.6. The van der Waals surface area contributed by atoms with Crippen molar-refractivity contribution in [1.29, 1.82) is 0 Å². The molecule has 29 N–H and O–H groups in total. The molecule has 7 aliphatic heterocycles. The highest BCUT2D eigenvalue weighted by Crippen LogP contribution is 2.40. The molecule has 604 valence electrons. The van der Waals surface area contributed by atoms with Gasteiger partial charge in [0.2, 0.25) is 17.7 Å². The molecule has 7 saturated heterocycles. The van der Waals surface area contributed by atoms with E-state index in [2.05, 4.69) is 16.0 Å². The van der Waals surface area contributed by atoms with Gasteiger partial charge in [0.1, 0.15) is 189 Å². The lowest BCUT2D eigenvalue weighted by Crippen LogP contribution is -2.70. The van der Waals surface area contributed by atoms with Crippen molar-refractivity contribution in [2.75, 3.05) is 59.5 Å². The molecule has 104 heavy (non-hydrogen) atoms. The van der Waals surface area contributed by atoms with Gasteiger partial charge in [-0.2, -0.15) is 0 Å². The van der Waals surface area contributed by atoms with Crippen LogP contribution in [0.25, 0.3) is 0 Å². The number of rotatable bonds is 32. The Morgan fingerprint density at radius 2 is 0.798 bits per heavy atom. The zero-order chi connectivity index (χ0) is 77.4. The molecule has 0 spiro atoms. The van der Waals surface area contributed by atoms with Crippen LogP contribution in [0.2, 0.25) is 0 Å². The SMILES string of the molecule is CC(=O)N[C@H]1[C@H](OC[C@H]2O[C@@H](O[C@@H]([C@H](O)[C@@H](O)CO)[C@H](O)CO)[C@H](O)[C@@H](O[C@@H]3O[C@H](CO)[C@@H](O[C@@H]4O[C@H](CO[C@]5(C(=O)O)C[C@H](O)[C@@H](NC(C)=O)[C@H]([C@H](O)[C@H](O)CO)O5)[C@H](O)[C@H](O[C@@H]5O[C@H](CO)[C@H](O)[C@H](O)[C@H]5O)[C@H]4O)[C@H](O)[C@H]3NC(C)=O)[C@H]2O)O[C@H](CO)[C@@H](O[C@@H]2O[C@H](CO)[C@H](O)[C@H](O)[C@H]2O)[C@@H]1O. The van der Waals surface area contributed by atoms with Gasteiger partial charge in [-0.1, -0.05) is 0 Å². The second-order valence-corrected chi connectivity index (χ2v) is 25.8. The van der Waals surface area contributed by atoms with E-state index in [0.29, 0.717) is 0 Å². The minimum Gasteiger partial charge on any atom is -0.477 e. The number of carbonyl (C=O) groups excluding carboxylic acids is 3. The fourth-order valence-corrected chi connectivity index (χ4v) is 12.8. The molecule has 0 unspecified atom stereocenters. The maximum absolute atomic E-state index is 13.2. The Labute approximate surface area is 588 Å². The Kier molecular flexibility index (Phi) is 32.2. The third-order valence-electron chi connectivity index (χ3n) is 18.5. The van der Waals surface area contributed by atoms with Crippen LogP contribution in [0.1, 0.15) is 27.2 Å². The summed E-state index contributed by atoms with van der Waals surface area (Å²) >= 11 is 0. The van der Waals surface area contributed by atoms with E-state index in [1.165, 1.54) is 0 Å². The number of carboxylic acids is 1. The van der Waals surface area contributed by atoms with Gasteiger partial charge in [-0.15, -0.1) is 0 Å². The van der Waals surface area contributed by atoms with Crippen LogP contribution in [0.4, 0.5) is 0 Å². The second kappa shape index (κ2) is 38.3. The van der Waals surface area contributed by atoms with Gasteiger partial charge in [-0.25, -0.2) is 4.79 Å². The number of nitrogens with one attached hydrogen (secondary N) is 3. The number of aliphatic hydroxyl groups is 25. The largest absolute Gasteiger partial charge is 0.477 e. The molecule has 0 aliphatic carbocycles. The van der Waals surface area contributed by atoms with E-state index in [1.54, 1.807) is 0 Å². The van der Waals surface area contributed by atoms with Crippen LogP contribution >= 0.6 is 0 Å². The molecule has 0 aromatic heterocycles. The van der Waals surface area contributed by atoms with Gasteiger partial charge in [0.25, 0.3) is 5.79 Å². The minimum absolute atomic E-state index is 0.867. The number of carboxylic acid groups (broad SMARTS) is 1. The number of hydrogen-bond acceptors (Lipinski definition) is 43. The van der Waals surface area contributed by atoms with Crippen LogP contribution in [0.3, 0.4) is 0 Å². The maximum Gasteiger partial charge on any atom is 0.364 e. The highest BCUT2D eigenvalue weighted by Gasteiger charge is 2.61. The van der Waals surface area contributed by atoms with Crippen LogP contribution in [-0.4, -0.2) is 461 Å². The van der Waals surface area contributed by atoms with Crippen molar-refractivity contribution in [2.45, 2.75) is 272 Å². The van der Waals surface area contributed by atoms with Crippen LogP contribution in [0.5, 0.6) is 0 Å². The van der Waals surface area contributed by atoms with Crippen molar-refractivity contribution in [1.82, 2.24) is 16.0 Å². The zero-order valence-corrected chi connectivity index (χ0v) is 55.6. The standard InChI is InChI=1S/C57H97N3O44/c1-14(68)58-27-17(71)4-57(56(89)90,104-47(27)31(76)19(73)6-62)92-13-26-35(80)49(103-53-41(86)39(84)33(78)22(9-65)94-53)43(88)55(98-26)101-46-24(11-67)96-51(29(37(46)82)60-16(3)70)102-48-34(79)25(97-54(42(48)87)99-44(20(74)7-63)30(75)18(72)5-61)12-91-50-28(59-15(2)69)36(81)45(23(10-66)95-50)100-52-40(85)38(83)32(77)21(8-64)93-52/h17-55,61-67,71-88H,4-13H2,1-3H3,(H,58,68)(H,59,69)(H,60,70)(H,89,90)/t17-,18-,19+,20+,21+,22+,23+,24+,25+,26+,27+,28+,29+,30+,31+,32-,33-,34-,35-,36+,37+,38-,39-,40+,41+,42+,43+,44+,45+,46+,47+,48-,49-,50+,51-,52-,53-,54-,55-,57+/m0/s1. The lowest BCUT2D eigenvalue weighted by Gasteiger charge is -2.50. The van der Waals surface area contributed by atoms with Crippen LogP contribution in [0, 0.1) is 0 Å². The van der Waals surface area contributed by atoms with Crippen molar-refractivity contribution in [3.63, 3.8) is 0 Å². The predicted octanol–water partition coefficient (Wildman–Crippen LogP) is -19.2. The van der Waals surface area contributed by atoms with Crippen molar-refractivity contribution < 1.29 is 218 Å². The first-order valence-electron chi connectivity index (χ1n) is 32.7. The first-order valence-corrected chi connectivity index (χ1v) is 32.7. The van der Waals surface area contributed by atoms with E-state index in [9.17, 15) is 152 Å². The van der Waals surface area contributed by atoms with E-state index in [0.717, 1.165) is 20.8 Å². The molecule has 7 heterocycles. The topological polar surface area (TPSA) is 760 Å². The van der Waals surface area contributed by atoms with Gasteiger partial charge >= 0.3 is 5.97 Å². The average molecular weight is 1530 g/mol. The summed E-state index contributed by atoms with van der Waals surface area (Å²) in [6.45, 7) is -7.64. The summed E-state index contributed by atoms with van der Waals surface area (Å²) in [5, 5.41) is 289. The average Bonchev–Trinajstić information content (AvgIpc) is 0.773. The Hall–Kier alpha value is -3.68. The molecule has 40 atom stereocenters. The molecule has 3 amide bonds. The lowest BCUT2D eigenvalue weighted by molar-refractivity contribution is -0.389. The summed E-state index contributed by atoms with van der Waals surface area (Å²) in [6, 6.07) is -5.63. The number of carbonyl (C=O) groups is 4. The molecule has 0 bridgehead atoms. The quantitative estimate of drug-likeness (QED) is 0.0297. The van der Waals surface area contributed by atoms with Crippen LogP contribution < -0.4 is 16.0 Å². The molecular weight excluding hydrogens is 1430 g/mol. The summed E-state index contributed by atoms with van der Waals surface area (Å²) < 4.78 is 81.1. The minimum atomic E-state index is -3.18. The first kappa shape index (κ1) is 87.5. The molecule has 7 aliphatic rings. The van der Waals surface area contributed by atoms with Crippen molar-refractivity contribution in [3.05, 3.63) is 0 Å². The normalized spacial score (nSPS) is 44.8. The van der Waals surface area contributed by atoms with Gasteiger partial charge < -0.3 is 215 Å². The first-order chi connectivity index (χ1) is 49.0. The predicted molar refractivity (Wildman–Crippen MR) is 319 cm³/mol. The Morgan fingerprint density at radius 3 is 1.25 bits per heavy atom. The molecule has 0 radical (unpaired) electrons. The van der Waals surface area contributed by atoms with E-state index < -0.39 is 334 Å². The molecule has 7 fully saturated rings. The number of hydrogen-bond donors (Lipinski definition) is 29. The molecule has 0 aromatic carbocycles. The summed E-state index contributed by atoms with van der Waals surface area (Å²) in [7, 11) is 0. The van der Waals surface area contributed by atoms with E-state index in [-0.39, 0.29) is 0 Å². The smallest absolute Gasteiger partial charge is 0.364 e. The summed E-state index contributed by atoms with van der Waals surface area (Å²) in [5.41, 5.74) is 0. The highest BCUT2D eigenvalue weighted by molar-refractivity contribution is 5.77. The fourth-order valence-electron chi connectivity index (χ4n) is 12.8. The molecule has 0 aromatic rings. The van der Waals surface area contributed by atoms with Crippen molar-refractivity contribution in [3.8, 4) is 0 Å².